The smallest absolute Gasteiger partial charge is 0.266 e. The maximum absolute atomic E-state index is 13.5. The van der Waals surface area contributed by atoms with Gasteiger partial charge < -0.3 is 0 Å². The van der Waals surface area contributed by atoms with Gasteiger partial charge in [-0.3, -0.25) is 10.2 Å². The maximum atomic E-state index is 13.5. The predicted octanol–water partition coefficient (Wildman–Crippen LogP) is 1.90. The van der Waals surface area contributed by atoms with E-state index in [0.29, 0.717) is 12.1 Å². The summed E-state index contributed by atoms with van der Waals surface area (Å²) < 4.78 is 50.2. The van der Waals surface area contributed by atoms with Crippen LogP contribution in [0.1, 0.15) is 15.9 Å². The van der Waals surface area contributed by atoms with E-state index in [0.717, 1.165) is 11.6 Å². The summed E-state index contributed by atoms with van der Waals surface area (Å²) in [5.74, 6) is -2.76. The average molecular weight is 326 g/mol. The van der Waals surface area contributed by atoms with Crippen LogP contribution in [0.3, 0.4) is 0 Å². The van der Waals surface area contributed by atoms with Crippen LogP contribution in [-0.4, -0.2) is 14.3 Å². The largest absolute Gasteiger partial charge is 0.273 e. The van der Waals surface area contributed by atoms with E-state index >= 15 is 0 Å². The van der Waals surface area contributed by atoms with Crippen LogP contribution in [0.25, 0.3) is 0 Å². The monoisotopic (exact) mass is 326 g/mol. The van der Waals surface area contributed by atoms with Gasteiger partial charge in [0.25, 0.3) is 15.9 Å². The van der Waals surface area contributed by atoms with Crippen molar-refractivity contribution < 1.29 is 22.0 Å². The number of carbonyl (C=O) groups excluding carboxylic acids is 1. The molecule has 0 aliphatic carbocycles. The van der Waals surface area contributed by atoms with E-state index in [4.69, 9.17) is 0 Å². The molecule has 2 N–H and O–H groups in total. The van der Waals surface area contributed by atoms with Gasteiger partial charge in [0.15, 0.2) is 0 Å². The Hall–Kier alpha value is -2.32. The highest BCUT2D eigenvalue weighted by molar-refractivity contribution is 7.89. The lowest BCUT2D eigenvalue weighted by atomic mass is 10.1. The summed E-state index contributed by atoms with van der Waals surface area (Å²) in [5.41, 5.74) is 3.08. The highest BCUT2D eigenvalue weighted by Gasteiger charge is 2.20. The van der Waals surface area contributed by atoms with Gasteiger partial charge in [-0.1, -0.05) is 17.7 Å². The normalized spacial score (nSPS) is 11.2. The molecule has 2 aromatic carbocycles. The number of rotatable bonds is 4. The predicted molar refractivity (Wildman–Crippen MR) is 75.3 cm³/mol. The van der Waals surface area contributed by atoms with Crippen molar-refractivity contribution in [2.75, 3.05) is 0 Å². The fourth-order valence-corrected chi connectivity index (χ4v) is 2.56. The van der Waals surface area contributed by atoms with Gasteiger partial charge >= 0.3 is 0 Å². The van der Waals surface area contributed by atoms with Crippen molar-refractivity contribution in [2.45, 2.75) is 11.8 Å². The molecule has 2 aromatic rings. The first kappa shape index (κ1) is 16.1. The van der Waals surface area contributed by atoms with Crippen molar-refractivity contribution in [3.05, 3.63) is 65.2 Å². The van der Waals surface area contributed by atoms with Crippen molar-refractivity contribution in [3.8, 4) is 0 Å². The fourth-order valence-electron chi connectivity index (χ4n) is 1.63. The van der Waals surface area contributed by atoms with Crippen LogP contribution in [0.5, 0.6) is 0 Å². The SMILES string of the molecule is Cc1ccc(C(=O)NNS(=O)(=O)c2cc(F)ccc2F)cc1. The Morgan fingerprint density at radius 3 is 2.32 bits per heavy atom. The maximum Gasteiger partial charge on any atom is 0.266 e. The van der Waals surface area contributed by atoms with E-state index in [1.165, 1.54) is 12.1 Å². The van der Waals surface area contributed by atoms with Gasteiger partial charge in [-0.15, -0.1) is 4.83 Å². The Bertz CT molecular complexity index is 805. The molecule has 0 aliphatic rings. The number of benzene rings is 2. The zero-order valence-electron chi connectivity index (χ0n) is 11.4. The van der Waals surface area contributed by atoms with E-state index in [2.05, 4.69) is 0 Å². The molecule has 0 bridgehead atoms. The van der Waals surface area contributed by atoms with Crippen LogP contribution in [0.4, 0.5) is 8.78 Å². The Labute approximate surface area is 126 Å². The van der Waals surface area contributed by atoms with E-state index in [-0.39, 0.29) is 5.56 Å². The average Bonchev–Trinajstić information content (AvgIpc) is 2.48. The Morgan fingerprint density at radius 1 is 1.05 bits per heavy atom. The van der Waals surface area contributed by atoms with Crippen LogP contribution in [-0.2, 0) is 10.0 Å². The molecule has 5 nitrogen and oxygen atoms in total. The first-order chi connectivity index (χ1) is 10.3. The molecule has 0 spiro atoms. The molecule has 0 unspecified atom stereocenters. The molecule has 0 radical (unpaired) electrons. The molecule has 0 saturated carbocycles. The summed E-state index contributed by atoms with van der Waals surface area (Å²) in [7, 11) is -4.42. The third kappa shape index (κ3) is 3.66. The van der Waals surface area contributed by atoms with Crippen molar-refractivity contribution >= 4 is 15.9 Å². The highest BCUT2D eigenvalue weighted by Crippen LogP contribution is 2.15. The molecule has 8 heteroatoms. The Morgan fingerprint density at radius 2 is 1.68 bits per heavy atom. The van der Waals surface area contributed by atoms with Gasteiger partial charge in [-0.25, -0.2) is 17.2 Å². The zero-order chi connectivity index (χ0) is 16.3. The number of aryl methyl sites for hydroxylation is 1. The topological polar surface area (TPSA) is 75.3 Å². The molecular weight excluding hydrogens is 314 g/mol. The molecule has 0 aromatic heterocycles. The van der Waals surface area contributed by atoms with Crippen LogP contribution >= 0.6 is 0 Å². The summed E-state index contributed by atoms with van der Waals surface area (Å²) >= 11 is 0. The summed E-state index contributed by atoms with van der Waals surface area (Å²) in [6.45, 7) is 1.83. The minimum absolute atomic E-state index is 0.216. The van der Waals surface area contributed by atoms with Gasteiger partial charge in [0.2, 0.25) is 0 Å². The van der Waals surface area contributed by atoms with Crippen molar-refractivity contribution in [1.29, 1.82) is 0 Å². The summed E-state index contributed by atoms with van der Waals surface area (Å²) in [4.78, 5) is 12.6. The zero-order valence-corrected chi connectivity index (χ0v) is 12.2. The molecule has 0 saturated heterocycles. The molecule has 0 atom stereocenters. The summed E-state index contributed by atoms with van der Waals surface area (Å²) in [6.07, 6.45) is 0. The molecule has 116 valence electrons. The van der Waals surface area contributed by atoms with Crippen LogP contribution in [0.15, 0.2) is 47.4 Å². The van der Waals surface area contributed by atoms with Gasteiger partial charge in [0, 0.05) is 5.56 Å². The molecule has 0 fully saturated rings. The minimum Gasteiger partial charge on any atom is -0.273 e. The van der Waals surface area contributed by atoms with Crippen molar-refractivity contribution in [3.63, 3.8) is 0 Å². The van der Waals surface area contributed by atoms with Gasteiger partial charge in [-0.05, 0) is 37.3 Å². The second kappa shape index (κ2) is 6.20. The number of nitrogens with one attached hydrogen (secondary N) is 2. The van der Waals surface area contributed by atoms with Gasteiger partial charge in [0.1, 0.15) is 16.5 Å². The molecule has 0 heterocycles. The second-order valence-electron chi connectivity index (χ2n) is 4.50. The molecule has 0 aliphatic heterocycles. The number of carbonyl (C=O) groups is 1. The fraction of sp³-hybridized carbons (Fsp3) is 0.0714. The van der Waals surface area contributed by atoms with Crippen LogP contribution in [0, 0.1) is 18.6 Å². The number of amides is 1. The third-order valence-electron chi connectivity index (χ3n) is 2.80. The molecule has 22 heavy (non-hydrogen) atoms. The number of hydrogen-bond acceptors (Lipinski definition) is 3. The molecular formula is C14H12F2N2O3S. The first-order valence-corrected chi connectivity index (χ1v) is 7.62. The number of hydrazine groups is 1. The molecule has 1 amide bonds. The van der Waals surface area contributed by atoms with E-state index in [1.807, 2.05) is 12.3 Å². The number of sulfonamides is 1. The third-order valence-corrected chi connectivity index (χ3v) is 4.06. The lowest BCUT2D eigenvalue weighted by Crippen LogP contribution is -2.41. The second-order valence-corrected chi connectivity index (χ2v) is 6.15. The highest BCUT2D eigenvalue weighted by atomic mass is 32.2. The molecule has 2 rings (SSSR count). The van der Waals surface area contributed by atoms with E-state index in [1.54, 1.807) is 17.0 Å². The minimum atomic E-state index is -4.42. The lowest BCUT2D eigenvalue weighted by molar-refractivity contribution is 0.0945. The van der Waals surface area contributed by atoms with Crippen LogP contribution < -0.4 is 10.3 Å². The Balaban J connectivity index is 2.14. The van der Waals surface area contributed by atoms with Crippen LogP contribution in [0.2, 0.25) is 0 Å². The van der Waals surface area contributed by atoms with E-state index < -0.39 is 32.5 Å². The summed E-state index contributed by atoms with van der Waals surface area (Å²) in [6, 6.07) is 8.36. The quantitative estimate of drug-likeness (QED) is 0.843. The number of halogens is 2. The van der Waals surface area contributed by atoms with E-state index in [9.17, 15) is 22.0 Å². The standard InChI is InChI=1S/C14H12F2N2O3S/c1-9-2-4-10(5-3-9)14(19)17-18-22(20,21)13-8-11(15)6-7-12(13)16/h2-8,18H,1H3,(H,17,19). The first-order valence-electron chi connectivity index (χ1n) is 6.13. The van der Waals surface area contributed by atoms with Crippen molar-refractivity contribution in [2.24, 2.45) is 0 Å². The van der Waals surface area contributed by atoms with Crippen molar-refractivity contribution in [1.82, 2.24) is 10.3 Å². The summed E-state index contributed by atoms with van der Waals surface area (Å²) in [5, 5.41) is 0. The lowest BCUT2D eigenvalue weighted by Gasteiger charge is -2.09. The Kier molecular flexibility index (Phi) is 4.53. The van der Waals surface area contributed by atoms with Gasteiger partial charge in [0.05, 0.1) is 0 Å². The van der Waals surface area contributed by atoms with Gasteiger partial charge in [-0.2, -0.15) is 0 Å². The number of hydrogen-bond donors (Lipinski definition) is 2.